The van der Waals surface area contributed by atoms with Gasteiger partial charge in [-0.15, -0.1) is 0 Å². The van der Waals surface area contributed by atoms with E-state index in [2.05, 4.69) is 21.2 Å². The van der Waals surface area contributed by atoms with Crippen molar-refractivity contribution in [1.29, 1.82) is 0 Å². The molecule has 4 rings (SSSR count). The molecule has 0 spiro atoms. The third kappa shape index (κ3) is 4.76. The van der Waals surface area contributed by atoms with Gasteiger partial charge in [0.15, 0.2) is 0 Å². The summed E-state index contributed by atoms with van der Waals surface area (Å²) in [6, 6.07) is 16.5. The average Bonchev–Trinajstić information content (AvgIpc) is 3.22. The number of carbonyl (C=O) groups excluding carboxylic acids is 1. The van der Waals surface area contributed by atoms with Crippen LogP contribution >= 0.6 is 0 Å². The molecular weight excluding hydrogens is 379 g/mol. The molecule has 156 valence electrons. The van der Waals surface area contributed by atoms with Crippen LogP contribution in [0.15, 0.2) is 54.6 Å². The van der Waals surface area contributed by atoms with E-state index in [0.717, 1.165) is 61.4 Å². The number of nitrogens with one attached hydrogen (secondary N) is 1. The fourth-order valence-corrected chi connectivity index (χ4v) is 3.99. The molecule has 0 unspecified atom stereocenters. The summed E-state index contributed by atoms with van der Waals surface area (Å²) < 4.78 is 13.1. The van der Waals surface area contributed by atoms with Crippen molar-refractivity contribution in [3.05, 3.63) is 71.7 Å². The van der Waals surface area contributed by atoms with Gasteiger partial charge in [0.25, 0.3) is 0 Å². The standard InChI is InChI=1S/C24H27FN4O/c1-28(17-24(30)29-15-4-7-19-6-2-3-9-23(19)29)14-5-8-21-16-22(27-26-21)18-10-12-20(25)13-11-18/h2-3,6,9-13,16H,4-5,7-8,14-15,17H2,1H3,(H,26,27). The molecule has 0 saturated heterocycles. The number of rotatable bonds is 7. The largest absolute Gasteiger partial charge is 0.311 e. The number of nitrogens with zero attached hydrogens (tertiary/aromatic N) is 3. The van der Waals surface area contributed by atoms with E-state index in [1.807, 2.05) is 36.2 Å². The maximum Gasteiger partial charge on any atom is 0.241 e. The van der Waals surface area contributed by atoms with Gasteiger partial charge in [-0.2, -0.15) is 5.10 Å². The Morgan fingerprint density at radius 1 is 1.20 bits per heavy atom. The highest BCUT2D eigenvalue weighted by Crippen LogP contribution is 2.26. The summed E-state index contributed by atoms with van der Waals surface area (Å²) in [6.45, 7) is 2.04. The molecule has 0 bridgehead atoms. The van der Waals surface area contributed by atoms with Crippen LogP contribution in [0.2, 0.25) is 0 Å². The minimum Gasteiger partial charge on any atom is -0.311 e. The van der Waals surface area contributed by atoms with E-state index >= 15 is 0 Å². The number of amides is 1. The van der Waals surface area contributed by atoms with Gasteiger partial charge in [0.05, 0.1) is 12.2 Å². The first kappa shape index (κ1) is 20.3. The number of aromatic amines is 1. The monoisotopic (exact) mass is 406 g/mol. The maximum atomic E-state index is 13.1. The fraction of sp³-hybridized carbons (Fsp3) is 0.333. The number of carbonyl (C=O) groups is 1. The predicted octanol–water partition coefficient (Wildman–Crippen LogP) is 4.06. The molecule has 0 atom stereocenters. The molecule has 0 fully saturated rings. The summed E-state index contributed by atoms with van der Waals surface area (Å²) in [6.07, 6.45) is 3.83. The number of hydrogen-bond donors (Lipinski definition) is 1. The van der Waals surface area contributed by atoms with Crippen molar-refractivity contribution in [3.63, 3.8) is 0 Å². The van der Waals surface area contributed by atoms with Crippen molar-refractivity contribution >= 4 is 11.6 Å². The summed E-state index contributed by atoms with van der Waals surface area (Å²) in [5, 5.41) is 7.38. The fourth-order valence-electron chi connectivity index (χ4n) is 3.99. The van der Waals surface area contributed by atoms with Crippen LogP contribution in [0.3, 0.4) is 0 Å². The molecule has 2 heterocycles. The first-order valence-corrected chi connectivity index (χ1v) is 10.5. The van der Waals surface area contributed by atoms with Crippen LogP contribution in [0.4, 0.5) is 10.1 Å². The molecule has 1 aliphatic rings. The predicted molar refractivity (Wildman–Crippen MR) is 117 cm³/mol. The van der Waals surface area contributed by atoms with Crippen LogP contribution in [0.25, 0.3) is 11.3 Å². The van der Waals surface area contributed by atoms with E-state index in [1.54, 1.807) is 12.1 Å². The number of para-hydroxylation sites is 1. The molecule has 6 heteroatoms. The van der Waals surface area contributed by atoms with Crippen LogP contribution < -0.4 is 4.90 Å². The average molecular weight is 407 g/mol. The lowest BCUT2D eigenvalue weighted by Gasteiger charge is -2.31. The number of benzene rings is 2. The molecule has 2 aromatic carbocycles. The molecule has 3 aromatic rings. The smallest absolute Gasteiger partial charge is 0.241 e. The summed E-state index contributed by atoms with van der Waals surface area (Å²) in [5.41, 5.74) is 5.07. The highest BCUT2D eigenvalue weighted by Gasteiger charge is 2.22. The molecule has 0 saturated carbocycles. The number of hydrogen-bond acceptors (Lipinski definition) is 3. The number of halogens is 1. The SMILES string of the molecule is CN(CCCc1cc(-c2ccc(F)cc2)n[nH]1)CC(=O)N1CCCc2ccccc21. The zero-order chi connectivity index (χ0) is 20.9. The summed E-state index contributed by atoms with van der Waals surface area (Å²) in [7, 11) is 1.99. The summed E-state index contributed by atoms with van der Waals surface area (Å²) in [5.74, 6) is -0.0927. The van der Waals surface area contributed by atoms with E-state index < -0.39 is 0 Å². The highest BCUT2D eigenvalue weighted by atomic mass is 19.1. The van der Waals surface area contributed by atoms with Gasteiger partial charge in [-0.3, -0.25) is 14.8 Å². The third-order valence-corrected chi connectivity index (χ3v) is 5.57. The lowest BCUT2D eigenvalue weighted by molar-refractivity contribution is -0.119. The zero-order valence-corrected chi connectivity index (χ0v) is 17.3. The van der Waals surface area contributed by atoms with Crippen LogP contribution in [-0.4, -0.2) is 47.7 Å². The maximum absolute atomic E-state index is 13.1. The quantitative estimate of drug-likeness (QED) is 0.644. The number of likely N-dealkylation sites (N-methyl/N-ethyl adjacent to an activating group) is 1. The molecule has 1 aromatic heterocycles. The van der Waals surface area contributed by atoms with E-state index in [9.17, 15) is 9.18 Å². The van der Waals surface area contributed by atoms with Gasteiger partial charge in [0.2, 0.25) is 5.91 Å². The lowest BCUT2D eigenvalue weighted by atomic mass is 10.0. The number of anilines is 1. The van der Waals surface area contributed by atoms with Crippen LogP contribution in [0, 0.1) is 5.82 Å². The van der Waals surface area contributed by atoms with E-state index in [0.29, 0.717) is 6.54 Å². The van der Waals surface area contributed by atoms with Gasteiger partial charge in [0, 0.05) is 23.5 Å². The van der Waals surface area contributed by atoms with Crippen molar-refractivity contribution < 1.29 is 9.18 Å². The normalized spacial score (nSPS) is 13.5. The number of aryl methyl sites for hydroxylation is 2. The van der Waals surface area contributed by atoms with Crippen LogP contribution in [0.5, 0.6) is 0 Å². The summed E-state index contributed by atoms with van der Waals surface area (Å²) >= 11 is 0. The molecule has 1 aliphatic heterocycles. The van der Waals surface area contributed by atoms with Crippen molar-refractivity contribution in [1.82, 2.24) is 15.1 Å². The molecular formula is C24H27FN4O. The van der Waals surface area contributed by atoms with Gasteiger partial charge in [-0.25, -0.2) is 4.39 Å². The van der Waals surface area contributed by atoms with Crippen molar-refractivity contribution in [3.8, 4) is 11.3 Å². The van der Waals surface area contributed by atoms with Gasteiger partial charge >= 0.3 is 0 Å². The lowest BCUT2D eigenvalue weighted by Crippen LogP contribution is -2.42. The molecule has 0 radical (unpaired) electrons. The number of H-pyrrole nitrogens is 1. The van der Waals surface area contributed by atoms with Gasteiger partial charge < -0.3 is 4.90 Å². The number of aromatic nitrogens is 2. The Morgan fingerprint density at radius 3 is 2.83 bits per heavy atom. The molecule has 1 N–H and O–H groups in total. The van der Waals surface area contributed by atoms with Crippen molar-refractivity contribution in [2.45, 2.75) is 25.7 Å². The minimum absolute atomic E-state index is 0.157. The van der Waals surface area contributed by atoms with Crippen molar-refractivity contribution in [2.75, 3.05) is 31.6 Å². The van der Waals surface area contributed by atoms with E-state index in [-0.39, 0.29) is 11.7 Å². The molecule has 30 heavy (non-hydrogen) atoms. The van der Waals surface area contributed by atoms with Crippen LogP contribution in [0.1, 0.15) is 24.1 Å². The Bertz CT molecular complexity index is 998. The Kier molecular flexibility index (Phi) is 6.23. The second-order valence-corrected chi connectivity index (χ2v) is 7.90. The van der Waals surface area contributed by atoms with Crippen molar-refractivity contribution in [2.24, 2.45) is 0 Å². The first-order chi connectivity index (χ1) is 14.6. The second-order valence-electron chi connectivity index (χ2n) is 7.90. The second kappa shape index (κ2) is 9.22. The van der Waals surface area contributed by atoms with Crippen LogP contribution in [-0.2, 0) is 17.6 Å². The summed E-state index contributed by atoms with van der Waals surface area (Å²) in [4.78, 5) is 16.8. The topological polar surface area (TPSA) is 52.2 Å². The van der Waals surface area contributed by atoms with Gasteiger partial charge in [0.1, 0.15) is 5.82 Å². The molecule has 1 amide bonds. The Morgan fingerprint density at radius 2 is 2.00 bits per heavy atom. The Balaban J connectivity index is 1.26. The number of fused-ring (bicyclic) bond motifs is 1. The van der Waals surface area contributed by atoms with Gasteiger partial charge in [-0.1, -0.05) is 18.2 Å². The van der Waals surface area contributed by atoms with E-state index in [4.69, 9.17) is 0 Å². The van der Waals surface area contributed by atoms with Gasteiger partial charge in [-0.05, 0) is 81.2 Å². The Labute approximate surface area is 176 Å². The Hall–Kier alpha value is -2.99. The molecule has 0 aliphatic carbocycles. The third-order valence-electron chi connectivity index (χ3n) is 5.57. The van der Waals surface area contributed by atoms with E-state index in [1.165, 1.54) is 17.7 Å². The molecule has 5 nitrogen and oxygen atoms in total. The zero-order valence-electron chi connectivity index (χ0n) is 17.3. The highest BCUT2D eigenvalue weighted by molar-refractivity contribution is 5.95. The first-order valence-electron chi connectivity index (χ1n) is 10.5. The minimum atomic E-state index is -0.250.